The second-order valence-corrected chi connectivity index (χ2v) is 18.4. The number of hydrogen-bond donors (Lipinski definition) is 0. The van der Waals surface area contributed by atoms with Crippen LogP contribution in [-0.2, 0) is 26.5 Å². The van der Waals surface area contributed by atoms with E-state index in [2.05, 4.69) is 242 Å². The molecule has 0 unspecified atom stereocenters. The van der Waals surface area contributed by atoms with Gasteiger partial charge in [-0.1, -0.05) is 140 Å². The van der Waals surface area contributed by atoms with E-state index in [-0.39, 0.29) is 26.5 Å². The number of aromatic nitrogens is 8. The summed E-state index contributed by atoms with van der Waals surface area (Å²) in [6.07, 6.45) is 5.73. The van der Waals surface area contributed by atoms with Gasteiger partial charge in [-0.25, -0.2) is 9.97 Å². The first-order valence-corrected chi connectivity index (χ1v) is 22.7. The van der Waals surface area contributed by atoms with E-state index in [9.17, 15) is 0 Å². The second kappa shape index (κ2) is 15.0. The van der Waals surface area contributed by atoms with E-state index < -0.39 is 0 Å². The van der Waals surface area contributed by atoms with Crippen LogP contribution in [0.5, 0.6) is 0 Å². The number of fused-ring (bicyclic) bond motifs is 12. The first-order chi connectivity index (χ1) is 32.9. The summed E-state index contributed by atoms with van der Waals surface area (Å²) in [5.74, 6) is 1.65. The molecule has 0 saturated heterocycles. The Kier molecular flexibility index (Phi) is 8.86. The molecule has 0 aliphatic heterocycles. The summed E-state index contributed by atoms with van der Waals surface area (Å²) in [7, 11) is 0. The Hall–Kier alpha value is -8.06. The van der Waals surface area contributed by atoms with Gasteiger partial charge in [-0.05, 0) is 87.7 Å². The van der Waals surface area contributed by atoms with Crippen LogP contribution in [0, 0.1) is 18.5 Å². The van der Waals surface area contributed by atoms with Gasteiger partial charge < -0.3 is 22.7 Å². The van der Waals surface area contributed by atoms with Crippen LogP contribution in [0.4, 0.5) is 0 Å². The average Bonchev–Trinajstić information content (AvgIpc) is 4.17. The molecule has 14 aromatic rings. The van der Waals surface area contributed by atoms with Crippen molar-refractivity contribution in [1.29, 1.82) is 0 Å². The molecule has 0 radical (unpaired) electrons. The molecule has 0 amide bonds. The number of imidazole rings is 3. The summed E-state index contributed by atoms with van der Waals surface area (Å²) in [6.45, 7) is 6.72. The number of hydrogen-bond acceptors (Lipinski definition) is 2. The Bertz CT molecular complexity index is 4290. The predicted molar refractivity (Wildman–Crippen MR) is 270 cm³/mol. The van der Waals surface area contributed by atoms with E-state index in [1.807, 2.05) is 12.3 Å². The SMILES string of the molecule is CC(C)(C)c1ccnc(-n2c3[c-]c4c(cc3c3ccccc32)n2c3ccccc3nc2n4-c2[c-]c(-n3[c-][n+](-c4ccccc4-n4c5ccccc5c5ccccc54)c4ccccc43)ccc2)c1.[Pt]. The molecule has 0 atom stereocenters. The molecular formula is C59H40N8Pt-2. The molecule has 0 saturated carbocycles. The average molecular weight is 1060 g/mol. The van der Waals surface area contributed by atoms with Gasteiger partial charge in [0.05, 0.1) is 44.5 Å². The maximum absolute atomic E-state index is 5.30. The van der Waals surface area contributed by atoms with Crippen molar-refractivity contribution in [1.82, 2.24) is 32.6 Å². The summed E-state index contributed by atoms with van der Waals surface area (Å²) in [5.41, 5.74) is 15.1. The summed E-state index contributed by atoms with van der Waals surface area (Å²) in [6, 6.07) is 72.1. The normalized spacial score (nSPS) is 12.2. The zero-order valence-electron chi connectivity index (χ0n) is 37.3. The van der Waals surface area contributed by atoms with E-state index in [0.717, 1.165) is 100 Å². The fourth-order valence-electron chi connectivity index (χ4n) is 10.4. The Labute approximate surface area is 405 Å². The number of nitrogens with zero attached hydrogens (tertiary/aromatic N) is 8. The van der Waals surface area contributed by atoms with Crippen LogP contribution in [-0.4, -0.2) is 32.6 Å². The fraction of sp³-hybridized carbons (Fsp3) is 0.0678. The Morgan fingerprint density at radius 2 is 1.12 bits per heavy atom. The number of benzene rings is 8. The Morgan fingerprint density at radius 3 is 1.87 bits per heavy atom. The summed E-state index contributed by atoms with van der Waals surface area (Å²) < 4.78 is 13.4. The molecule has 328 valence electrons. The second-order valence-electron chi connectivity index (χ2n) is 18.4. The zero-order chi connectivity index (χ0) is 44.5. The molecule has 0 N–H and O–H groups in total. The van der Waals surface area contributed by atoms with E-state index in [4.69, 9.17) is 9.97 Å². The molecule has 0 spiro atoms. The van der Waals surface area contributed by atoms with Crippen LogP contribution in [0.3, 0.4) is 0 Å². The van der Waals surface area contributed by atoms with Crippen molar-refractivity contribution in [3.05, 3.63) is 212 Å². The van der Waals surface area contributed by atoms with E-state index in [0.29, 0.717) is 0 Å². The van der Waals surface area contributed by atoms with Gasteiger partial charge in [0.15, 0.2) is 0 Å². The summed E-state index contributed by atoms with van der Waals surface area (Å²) in [4.78, 5) is 10.3. The molecule has 6 heterocycles. The van der Waals surface area contributed by atoms with Crippen molar-refractivity contribution in [3.8, 4) is 28.6 Å². The number of pyridine rings is 1. The minimum atomic E-state index is -0.0488. The van der Waals surface area contributed by atoms with Crippen molar-refractivity contribution in [2.24, 2.45) is 0 Å². The summed E-state index contributed by atoms with van der Waals surface area (Å²) in [5, 5.41) is 4.68. The van der Waals surface area contributed by atoms with Crippen LogP contribution in [0.1, 0.15) is 26.3 Å². The Balaban J connectivity index is 0.00000457. The van der Waals surface area contributed by atoms with Gasteiger partial charge in [0.1, 0.15) is 5.82 Å². The third-order valence-corrected chi connectivity index (χ3v) is 13.5. The monoisotopic (exact) mass is 1060 g/mol. The molecular weight excluding hydrogens is 1020 g/mol. The molecule has 0 fully saturated rings. The smallest absolute Gasteiger partial charge is 0.268 e. The maximum atomic E-state index is 5.30. The fourth-order valence-corrected chi connectivity index (χ4v) is 10.4. The van der Waals surface area contributed by atoms with Crippen molar-refractivity contribution in [2.75, 3.05) is 0 Å². The van der Waals surface area contributed by atoms with E-state index in [1.165, 1.54) is 16.3 Å². The molecule has 8 aromatic carbocycles. The van der Waals surface area contributed by atoms with Gasteiger partial charge >= 0.3 is 0 Å². The van der Waals surface area contributed by atoms with Gasteiger partial charge in [-0.3, -0.25) is 4.57 Å². The molecule has 14 rings (SSSR count). The Morgan fingerprint density at radius 1 is 0.500 bits per heavy atom. The molecule has 68 heavy (non-hydrogen) atoms. The van der Waals surface area contributed by atoms with Gasteiger partial charge in [-0.2, -0.15) is 18.2 Å². The first-order valence-electron chi connectivity index (χ1n) is 22.7. The standard InChI is InChI=1S/C59H40N8.Pt/c1-59(2,3)38-31-32-60-57(33-38)66-48-25-10-6-21-43(48)44-35-55-56(36-54(44)66)64(58-61-45-22-7-11-26-49(45)67(55)58)40-18-16-17-39(34-40)62-37-63(51-28-13-12-27-50(51)62)52-29-14-15-30-53(52)65-46-23-8-4-19-41(46)42-20-5-9-24-47(42)65;/h4-33,35H,1-3H3;/q-2;. The quantitative estimate of drug-likeness (QED) is 0.127. The van der Waals surface area contributed by atoms with Crippen molar-refractivity contribution in [2.45, 2.75) is 26.2 Å². The van der Waals surface area contributed by atoms with Crippen LogP contribution in [0.15, 0.2) is 188 Å². The van der Waals surface area contributed by atoms with Crippen molar-refractivity contribution >= 4 is 82.5 Å². The molecule has 0 aliphatic carbocycles. The molecule has 8 nitrogen and oxygen atoms in total. The van der Waals surface area contributed by atoms with Crippen LogP contribution in [0.2, 0.25) is 0 Å². The largest absolute Gasteiger partial charge is 0.331 e. The molecule has 0 bridgehead atoms. The minimum absolute atomic E-state index is 0. The van der Waals surface area contributed by atoms with Gasteiger partial charge in [0.2, 0.25) is 5.78 Å². The van der Waals surface area contributed by atoms with Crippen LogP contribution in [0.25, 0.3) is 111 Å². The molecule has 0 aliphatic rings. The first kappa shape index (κ1) is 40.2. The van der Waals surface area contributed by atoms with Gasteiger partial charge in [-0.15, -0.1) is 18.2 Å². The van der Waals surface area contributed by atoms with Gasteiger partial charge in [0.25, 0.3) is 6.33 Å². The molecule has 9 heteroatoms. The number of rotatable bonds is 5. The van der Waals surface area contributed by atoms with Crippen LogP contribution >= 0.6 is 0 Å². The van der Waals surface area contributed by atoms with E-state index in [1.54, 1.807) is 0 Å². The topological polar surface area (TPSA) is 53.8 Å². The summed E-state index contributed by atoms with van der Waals surface area (Å²) >= 11 is 0. The van der Waals surface area contributed by atoms with Crippen molar-refractivity contribution < 1.29 is 25.6 Å². The zero-order valence-corrected chi connectivity index (χ0v) is 39.6. The number of para-hydroxylation sites is 9. The third-order valence-electron chi connectivity index (χ3n) is 13.5. The maximum Gasteiger partial charge on any atom is 0.268 e. The third kappa shape index (κ3) is 5.80. The van der Waals surface area contributed by atoms with Gasteiger partial charge in [0, 0.05) is 43.6 Å². The van der Waals surface area contributed by atoms with E-state index >= 15 is 0 Å². The van der Waals surface area contributed by atoms with Crippen molar-refractivity contribution in [3.63, 3.8) is 0 Å². The predicted octanol–water partition coefficient (Wildman–Crippen LogP) is 12.9. The molecule has 6 aromatic heterocycles. The van der Waals surface area contributed by atoms with Crippen LogP contribution < -0.4 is 4.57 Å². The minimum Gasteiger partial charge on any atom is -0.331 e.